The zero-order chi connectivity index (χ0) is 41.5. The van der Waals surface area contributed by atoms with E-state index in [1.54, 1.807) is 19.2 Å². The summed E-state index contributed by atoms with van der Waals surface area (Å²) in [6.07, 6.45) is 0. The van der Waals surface area contributed by atoms with Crippen molar-refractivity contribution < 1.29 is 28.4 Å². The van der Waals surface area contributed by atoms with E-state index in [0.717, 1.165) is 89.0 Å². The number of nitro benzene ring substituents is 2. The van der Waals surface area contributed by atoms with E-state index in [4.69, 9.17) is 50.0 Å². The minimum absolute atomic E-state index is 0.106. The summed E-state index contributed by atoms with van der Waals surface area (Å²) in [7, 11) is 10.6. The van der Waals surface area contributed by atoms with Crippen LogP contribution in [-0.2, 0) is 0 Å². The van der Waals surface area contributed by atoms with Gasteiger partial charge in [-0.25, -0.2) is 4.39 Å². The molecule has 3 saturated heterocycles. The van der Waals surface area contributed by atoms with Crippen LogP contribution in [0.15, 0.2) is 36.4 Å². The van der Waals surface area contributed by atoms with Gasteiger partial charge in [0.25, 0.3) is 0 Å². The van der Waals surface area contributed by atoms with Gasteiger partial charge in [0.1, 0.15) is 11.6 Å². The first kappa shape index (κ1) is 46.3. The van der Waals surface area contributed by atoms with E-state index in [0.29, 0.717) is 21.5 Å². The molecule has 3 heterocycles. The Kier molecular flexibility index (Phi) is 18.7. The van der Waals surface area contributed by atoms with E-state index in [1.165, 1.54) is 33.4 Å². The monoisotopic (exact) mass is 845 g/mol. The van der Waals surface area contributed by atoms with Crippen LogP contribution in [0.1, 0.15) is 0 Å². The molecular weight excluding hydrogens is 796 g/mol. The van der Waals surface area contributed by atoms with Crippen LogP contribution < -0.4 is 35.1 Å². The third-order valence-corrected chi connectivity index (χ3v) is 10.1. The lowest BCUT2D eigenvalue weighted by Gasteiger charge is -2.34. The van der Waals surface area contributed by atoms with Crippen LogP contribution in [0.25, 0.3) is 0 Å². The number of nitrogens with one attached hydrogen (secondary N) is 1. The number of hydrogen-bond donors (Lipinski definition) is 2. The topological polar surface area (TPSA) is 168 Å². The van der Waals surface area contributed by atoms with Crippen LogP contribution in [-0.4, -0.2) is 146 Å². The maximum absolute atomic E-state index is 12.8. The molecule has 0 aliphatic carbocycles. The number of anilines is 3. The Bertz CT molecular complexity index is 1760. The minimum Gasteiger partial charge on any atom is -0.495 e. The summed E-state index contributed by atoms with van der Waals surface area (Å²) >= 11 is 17.7. The van der Waals surface area contributed by atoms with Gasteiger partial charge in [-0.05, 0) is 27.2 Å². The van der Waals surface area contributed by atoms with Gasteiger partial charge >= 0.3 is 11.4 Å². The molecule has 3 aliphatic rings. The summed E-state index contributed by atoms with van der Waals surface area (Å²) in [5.41, 5.74) is 7.73. The number of methoxy groups -OCH3 is 3. The molecule has 0 bridgehead atoms. The van der Waals surface area contributed by atoms with Crippen molar-refractivity contribution in [2.75, 3.05) is 137 Å². The average Bonchev–Trinajstić information content (AvgIpc) is 3.17. The molecule has 56 heavy (non-hydrogen) atoms. The number of likely N-dealkylation sites (N-methyl/N-ethyl adjacent to an activating group) is 3. The van der Waals surface area contributed by atoms with Gasteiger partial charge in [0.15, 0.2) is 11.5 Å². The number of nitrogens with zero attached hydrogens (tertiary/aromatic N) is 7. The van der Waals surface area contributed by atoms with Crippen LogP contribution in [0, 0.1) is 26.0 Å². The molecule has 0 saturated carbocycles. The Morgan fingerprint density at radius 1 is 0.607 bits per heavy atom. The van der Waals surface area contributed by atoms with Crippen molar-refractivity contribution in [1.29, 1.82) is 0 Å². The Morgan fingerprint density at radius 2 is 0.982 bits per heavy atom. The molecule has 3 aliphatic heterocycles. The second-order valence-corrected chi connectivity index (χ2v) is 14.3. The Hall–Kier alpha value is -4.10. The summed E-state index contributed by atoms with van der Waals surface area (Å²) in [4.78, 5) is 31.4. The number of ether oxygens (including phenoxy) is 3. The van der Waals surface area contributed by atoms with Gasteiger partial charge < -0.3 is 49.8 Å². The second kappa shape index (κ2) is 22.6. The standard InChI is InChI=1S/C12H16ClN3O3.C12H18ClN3O.C7H5ClFNO3.C5H12N2/c1-14-3-5-15(6-4-14)10-8-12(19-2)11(16(17)18)7-9(10)13;1-15-3-5-16(6-4-15)11-8-12(17-2)10(14)7-9(11)13;1-13-7-3-5(9)4(8)2-6(7)10(11)12;1-7-4-2-6-3-5-7/h7-8H,3-6H2,1-2H3;7-8H,3-6,14H2,1-2H3;2-3H,1H3;6H,2-5H2,1H3. The highest BCUT2D eigenvalue weighted by molar-refractivity contribution is 6.34. The van der Waals surface area contributed by atoms with Gasteiger partial charge in [-0.2, -0.15) is 0 Å². The molecule has 3 aromatic rings. The van der Waals surface area contributed by atoms with Crippen LogP contribution in [0.5, 0.6) is 17.2 Å². The van der Waals surface area contributed by atoms with Crippen molar-refractivity contribution in [2.24, 2.45) is 0 Å². The molecule has 310 valence electrons. The van der Waals surface area contributed by atoms with E-state index in [9.17, 15) is 24.6 Å². The van der Waals surface area contributed by atoms with E-state index in [1.807, 2.05) is 6.07 Å². The first-order chi connectivity index (χ1) is 26.6. The molecule has 0 atom stereocenters. The SMILES string of the molecule is CN1CCNCC1.COc1cc(F)c(Cl)cc1[N+](=O)[O-].COc1cc(N2CCN(C)CC2)c(Cl)cc1N.COc1cc(N2CCN(C)CC2)c(Cl)cc1[N+](=O)[O-]. The molecule has 3 N–H and O–H groups in total. The molecule has 0 unspecified atom stereocenters. The Balaban J connectivity index is 0.000000210. The Morgan fingerprint density at radius 3 is 1.38 bits per heavy atom. The molecule has 6 rings (SSSR count). The third kappa shape index (κ3) is 13.5. The quantitative estimate of drug-likeness (QED) is 0.171. The number of benzene rings is 3. The lowest BCUT2D eigenvalue weighted by Crippen LogP contribution is -2.44. The number of piperazine rings is 3. The van der Waals surface area contributed by atoms with Gasteiger partial charge in [-0.15, -0.1) is 0 Å². The molecule has 0 amide bonds. The zero-order valence-corrected chi connectivity index (χ0v) is 34.8. The number of halogens is 4. The summed E-state index contributed by atoms with van der Waals surface area (Å²) in [6, 6.07) is 8.47. The van der Waals surface area contributed by atoms with Crippen LogP contribution in [0.2, 0.25) is 15.1 Å². The van der Waals surface area contributed by atoms with E-state index in [2.05, 4.69) is 55.7 Å². The Labute approximate surface area is 342 Å². The highest BCUT2D eigenvalue weighted by Crippen LogP contribution is 2.38. The summed E-state index contributed by atoms with van der Waals surface area (Å²) in [5, 5.41) is 25.3. The summed E-state index contributed by atoms with van der Waals surface area (Å²) in [5.74, 6) is 0.0303. The number of nitro groups is 2. The van der Waals surface area contributed by atoms with E-state index < -0.39 is 15.7 Å². The van der Waals surface area contributed by atoms with Crippen molar-refractivity contribution in [3.05, 3.63) is 77.5 Å². The van der Waals surface area contributed by atoms with Crippen LogP contribution >= 0.6 is 34.8 Å². The van der Waals surface area contributed by atoms with Crippen molar-refractivity contribution in [2.45, 2.75) is 0 Å². The smallest absolute Gasteiger partial charge is 0.312 e. The average molecular weight is 847 g/mol. The van der Waals surface area contributed by atoms with Crippen molar-refractivity contribution in [3.8, 4) is 17.2 Å². The van der Waals surface area contributed by atoms with Gasteiger partial charge in [0.2, 0.25) is 0 Å². The molecular formula is C36H51Cl3FN9O7. The van der Waals surface area contributed by atoms with Crippen LogP contribution in [0.4, 0.5) is 32.8 Å². The maximum Gasteiger partial charge on any atom is 0.312 e. The maximum atomic E-state index is 12.8. The van der Waals surface area contributed by atoms with Gasteiger partial charge in [0.05, 0.1) is 63.3 Å². The minimum atomic E-state index is -0.746. The molecule has 20 heteroatoms. The van der Waals surface area contributed by atoms with Crippen molar-refractivity contribution >= 4 is 63.2 Å². The highest BCUT2D eigenvalue weighted by atomic mass is 35.5. The summed E-state index contributed by atoms with van der Waals surface area (Å²) in [6.45, 7) is 12.4. The summed E-state index contributed by atoms with van der Waals surface area (Å²) < 4.78 is 27.7. The van der Waals surface area contributed by atoms with Crippen LogP contribution in [0.3, 0.4) is 0 Å². The highest BCUT2D eigenvalue weighted by Gasteiger charge is 2.23. The molecule has 0 aromatic heterocycles. The fraction of sp³-hybridized carbons (Fsp3) is 0.500. The second-order valence-electron chi connectivity index (χ2n) is 13.1. The first-order valence-corrected chi connectivity index (χ1v) is 18.8. The third-order valence-electron chi connectivity index (χ3n) is 9.19. The zero-order valence-electron chi connectivity index (χ0n) is 32.5. The predicted molar refractivity (Wildman–Crippen MR) is 221 cm³/mol. The van der Waals surface area contributed by atoms with Gasteiger partial charge in [0, 0.05) is 109 Å². The van der Waals surface area contributed by atoms with Gasteiger partial charge in [-0.1, -0.05) is 34.8 Å². The number of rotatable bonds is 7. The predicted octanol–water partition coefficient (Wildman–Crippen LogP) is 5.61. The lowest BCUT2D eigenvalue weighted by molar-refractivity contribution is -0.385. The molecule has 0 spiro atoms. The molecule has 0 radical (unpaired) electrons. The largest absolute Gasteiger partial charge is 0.495 e. The number of hydrogen-bond acceptors (Lipinski definition) is 14. The molecule has 3 fully saturated rings. The molecule has 16 nitrogen and oxygen atoms in total. The van der Waals surface area contributed by atoms with Crippen molar-refractivity contribution in [3.63, 3.8) is 0 Å². The number of nitrogens with two attached hydrogens (primary N) is 1. The fourth-order valence-electron chi connectivity index (χ4n) is 5.75. The van der Waals surface area contributed by atoms with E-state index >= 15 is 0 Å². The first-order valence-electron chi connectivity index (χ1n) is 17.7. The lowest BCUT2D eigenvalue weighted by atomic mass is 10.2. The number of nitrogen functional groups attached to an aromatic ring is 1. The van der Waals surface area contributed by atoms with Gasteiger partial charge in [-0.3, -0.25) is 20.2 Å². The van der Waals surface area contributed by atoms with Crippen molar-refractivity contribution in [1.82, 2.24) is 20.0 Å². The molecule has 3 aromatic carbocycles. The van der Waals surface area contributed by atoms with E-state index in [-0.39, 0.29) is 27.9 Å². The fourth-order valence-corrected chi connectivity index (χ4v) is 6.48. The normalized spacial score (nSPS) is 16.2.